The van der Waals surface area contributed by atoms with Crippen LogP contribution in [0.5, 0.6) is 5.75 Å². The monoisotopic (exact) mass is 469 g/mol. The second-order valence-corrected chi connectivity index (χ2v) is 8.42. The van der Waals surface area contributed by atoms with Gasteiger partial charge in [0.1, 0.15) is 22.0 Å². The van der Waals surface area contributed by atoms with Crippen molar-refractivity contribution in [2.75, 3.05) is 6.67 Å². The van der Waals surface area contributed by atoms with Crippen molar-refractivity contribution in [1.29, 1.82) is 0 Å². The number of carbonyl (C=O) groups is 2. The van der Waals surface area contributed by atoms with Gasteiger partial charge in [0.15, 0.2) is 17.4 Å². The molecule has 0 saturated heterocycles. The van der Waals surface area contributed by atoms with E-state index in [1.54, 1.807) is 37.3 Å². The number of pyridine rings is 1. The Kier molecular flexibility index (Phi) is 7.07. The molecule has 0 spiro atoms. The van der Waals surface area contributed by atoms with Crippen LogP contribution in [0.25, 0.3) is 10.9 Å². The first-order chi connectivity index (χ1) is 14.7. The molecule has 2 atom stereocenters. The lowest BCUT2D eigenvalue weighted by atomic mass is 10.0. The molecule has 0 amide bonds. The van der Waals surface area contributed by atoms with Gasteiger partial charge in [-0.2, -0.15) is 0 Å². The summed E-state index contributed by atoms with van der Waals surface area (Å²) in [5, 5.41) is 9.22. The highest BCUT2D eigenvalue weighted by molar-refractivity contribution is 8.01. The third-order valence-electron chi connectivity index (χ3n) is 4.38. The molecular weight excluding hydrogens is 455 g/mol. The average Bonchev–Trinajstić information content (AvgIpc) is 2.74. The van der Waals surface area contributed by atoms with Crippen LogP contribution in [0.3, 0.4) is 0 Å². The second kappa shape index (κ2) is 9.57. The summed E-state index contributed by atoms with van der Waals surface area (Å²) in [6, 6.07) is 9.99. The van der Waals surface area contributed by atoms with E-state index >= 15 is 0 Å². The largest absolute Gasteiger partial charge is 0.477 e. The third kappa shape index (κ3) is 4.94. The summed E-state index contributed by atoms with van der Waals surface area (Å²) in [7, 11) is 0. The smallest absolute Gasteiger partial charge is 0.342 e. The lowest BCUT2D eigenvalue weighted by Crippen LogP contribution is -2.19. The molecule has 0 bridgehead atoms. The zero-order valence-electron chi connectivity index (χ0n) is 15.9. The molecular formula is C21H15ClF3NO4S. The van der Waals surface area contributed by atoms with Gasteiger partial charge in [0, 0.05) is 11.5 Å². The molecule has 2 aromatic carbocycles. The fraction of sp³-hybridized carbons (Fsp3) is 0.190. The van der Waals surface area contributed by atoms with Crippen LogP contribution in [-0.2, 0) is 4.79 Å². The van der Waals surface area contributed by atoms with Gasteiger partial charge >= 0.3 is 11.9 Å². The van der Waals surface area contributed by atoms with E-state index in [0.29, 0.717) is 23.4 Å². The summed E-state index contributed by atoms with van der Waals surface area (Å²) in [4.78, 5) is 28.7. The van der Waals surface area contributed by atoms with Crippen LogP contribution in [0.2, 0.25) is 0 Å². The van der Waals surface area contributed by atoms with E-state index < -0.39 is 52.2 Å². The lowest BCUT2D eigenvalue weighted by molar-refractivity contribution is -0.135. The number of fused-ring (bicyclic) bond motifs is 1. The van der Waals surface area contributed by atoms with E-state index in [9.17, 15) is 27.9 Å². The number of hydrogen-bond donors (Lipinski definition) is 1. The SMILES string of the molecule is C[C@@H](C(=O)Oc1c(C(=O)O)c(SC(Cl)CF)nc2cc(F)c(F)cc12)c1ccccc1. The molecule has 3 aromatic rings. The van der Waals surface area contributed by atoms with E-state index in [-0.39, 0.29) is 15.9 Å². The molecule has 0 saturated carbocycles. The highest BCUT2D eigenvalue weighted by Gasteiger charge is 2.28. The van der Waals surface area contributed by atoms with E-state index in [4.69, 9.17) is 16.3 Å². The molecule has 0 aliphatic rings. The second-order valence-electron chi connectivity index (χ2n) is 6.45. The van der Waals surface area contributed by atoms with Crippen LogP contribution in [0, 0.1) is 11.6 Å². The predicted molar refractivity (Wildman–Crippen MR) is 111 cm³/mol. The van der Waals surface area contributed by atoms with Crippen LogP contribution in [0.4, 0.5) is 13.2 Å². The maximum atomic E-state index is 13.9. The molecule has 0 aliphatic carbocycles. The molecule has 1 N–H and O–H groups in total. The number of rotatable bonds is 7. The van der Waals surface area contributed by atoms with Crippen molar-refractivity contribution < 1.29 is 32.6 Å². The fourth-order valence-electron chi connectivity index (χ4n) is 2.81. The zero-order valence-corrected chi connectivity index (χ0v) is 17.5. The Bertz CT molecular complexity index is 1150. The normalized spacial score (nSPS) is 13.1. The Balaban J connectivity index is 2.18. The van der Waals surface area contributed by atoms with Gasteiger partial charge in [-0.1, -0.05) is 42.1 Å². The Morgan fingerprint density at radius 2 is 1.84 bits per heavy atom. The van der Waals surface area contributed by atoms with Gasteiger partial charge in [0.2, 0.25) is 0 Å². The number of benzene rings is 2. The molecule has 1 unspecified atom stereocenters. The number of nitrogens with zero attached hydrogens (tertiary/aromatic N) is 1. The van der Waals surface area contributed by atoms with Crippen LogP contribution >= 0.6 is 23.4 Å². The minimum atomic E-state index is -1.56. The summed E-state index contributed by atoms with van der Waals surface area (Å²) in [6.07, 6.45) is 0. The average molecular weight is 470 g/mol. The van der Waals surface area contributed by atoms with Crippen molar-refractivity contribution in [2.45, 2.75) is 22.6 Å². The standard InChI is InChI=1S/C21H15ClF3NO4S/c1-10(11-5-3-2-4-6-11)21(29)30-18-12-7-13(24)14(25)8-15(12)26-19(17(18)20(27)28)31-16(22)9-23/h2-8,10,16H,9H2,1H3,(H,27,28)/t10-,16?/m1/s1. The summed E-state index contributed by atoms with van der Waals surface area (Å²) in [5.74, 6) is -6.21. The Morgan fingerprint density at radius 1 is 1.19 bits per heavy atom. The van der Waals surface area contributed by atoms with Crippen LogP contribution < -0.4 is 4.74 Å². The van der Waals surface area contributed by atoms with Crippen molar-refractivity contribution in [3.8, 4) is 5.75 Å². The topological polar surface area (TPSA) is 76.5 Å². The summed E-state index contributed by atoms with van der Waals surface area (Å²) < 4.78 is 44.8. The first-order valence-electron chi connectivity index (χ1n) is 8.92. The van der Waals surface area contributed by atoms with Crippen LogP contribution in [0.1, 0.15) is 28.8 Å². The molecule has 0 aliphatic heterocycles. The lowest BCUT2D eigenvalue weighted by Gasteiger charge is -2.17. The van der Waals surface area contributed by atoms with Crippen molar-refractivity contribution in [3.05, 3.63) is 65.2 Å². The minimum absolute atomic E-state index is 0.177. The molecule has 162 valence electrons. The number of aromatic carboxylic acids is 1. The van der Waals surface area contributed by atoms with Crippen molar-refractivity contribution in [2.24, 2.45) is 0 Å². The summed E-state index contributed by atoms with van der Waals surface area (Å²) in [5.41, 5.74) is -0.173. The van der Waals surface area contributed by atoms with E-state index in [0.717, 1.165) is 6.07 Å². The maximum Gasteiger partial charge on any atom is 0.342 e. The molecule has 1 heterocycles. The molecule has 1 aromatic heterocycles. The van der Waals surface area contributed by atoms with Gasteiger partial charge in [0.25, 0.3) is 0 Å². The number of carboxylic acids is 1. The van der Waals surface area contributed by atoms with Gasteiger partial charge < -0.3 is 9.84 Å². The Morgan fingerprint density at radius 3 is 2.45 bits per heavy atom. The number of halogens is 4. The van der Waals surface area contributed by atoms with Gasteiger partial charge in [-0.3, -0.25) is 4.79 Å². The van der Waals surface area contributed by atoms with Crippen molar-refractivity contribution in [3.63, 3.8) is 0 Å². The number of carboxylic acid groups (broad SMARTS) is 1. The quantitative estimate of drug-likeness (QED) is 0.278. The number of thioether (sulfide) groups is 1. The van der Waals surface area contributed by atoms with Crippen LogP contribution in [0.15, 0.2) is 47.5 Å². The highest BCUT2D eigenvalue weighted by Crippen LogP contribution is 2.39. The van der Waals surface area contributed by atoms with E-state index in [2.05, 4.69) is 4.98 Å². The number of alkyl halides is 2. The molecule has 10 heteroatoms. The minimum Gasteiger partial charge on any atom is -0.477 e. The fourth-order valence-corrected chi connectivity index (χ4v) is 3.81. The van der Waals surface area contributed by atoms with Crippen molar-refractivity contribution in [1.82, 2.24) is 4.98 Å². The molecule has 0 fully saturated rings. The predicted octanol–water partition coefficient (Wildman–Crippen LogP) is 5.55. The first kappa shape index (κ1) is 22.9. The first-order valence-corrected chi connectivity index (χ1v) is 10.2. The number of hydrogen-bond acceptors (Lipinski definition) is 5. The Labute approximate surface area is 184 Å². The molecule has 5 nitrogen and oxygen atoms in total. The van der Waals surface area contributed by atoms with Crippen LogP contribution in [-0.4, -0.2) is 33.4 Å². The third-order valence-corrected chi connectivity index (χ3v) is 5.66. The number of esters is 1. The maximum absolute atomic E-state index is 13.9. The van der Waals surface area contributed by atoms with Gasteiger partial charge in [-0.25, -0.2) is 22.9 Å². The number of carbonyl (C=O) groups excluding carboxylic acids is 1. The number of ether oxygens (including phenoxy) is 1. The van der Waals surface area contributed by atoms with E-state index in [1.165, 1.54) is 0 Å². The van der Waals surface area contributed by atoms with E-state index in [1.807, 2.05) is 0 Å². The van der Waals surface area contributed by atoms with Gasteiger partial charge in [-0.15, -0.1) is 11.6 Å². The van der Waals surface area contributed by atoms with Gasteiger partial charge in [0.05, 0.1) is 11.4 Å². The molecule has 0 radical (unpaired) electrons. The summed E-state index contributed by atoms with van der Waals surface area (Å²) in [6.45, 7) is 0.540. The van der Waals surface area contributed by atoms with Crippen molar-refractivity contribution >= 4 is 46.2 Å². The Hall–Kier alpha value is -2.78. The summed E-state index contributed by atoms with van der Waals surface area (Å²) >= 11 is 6.35. The highest BCUT2D eigenvalue weighted by atomic mass is 35.5. The zero-order chi connectivity index (χ0) is 22.7. The molecule has 31 heavy (non-hydrogen) atoms. The van der Waals surface area contributed by atoms with Gasteiger partial charge in [-0.05, 0) is 18.6 Å². The molecule has 3 rings (SSSR count). The number of aromatic nitrogens is 1.